The van der Waals surface area contributed by atoms with Gasteiger partial charge in [-0.25, -0.2) is 0 Å². The molecule has 2 amide bonds. The smallest absolute Gasteiger partial charge is 0.347 e. The molecule has 2 aromatic rings. The van der Waals surface area contributed by atoms with Gasteiger partial charge in [-0.2, -0.15) is 14.6 Å². The highest BCUT2D eigenvalue weighted by Gasteiger charge is 2.25. The fraction of sp³-hybridized carbons (Fsp3) is 0.357. The molecule has 1 fully saturated rings. The summed E-state index contributed by atoms with van der Waals surface area (Å²) in [6.07, 6.45) is 4.54. The first-order valence-corrected chi connectivity index (χ1v) is 8.92. The molecule has 0 bridgehead atoms. The summed E-state index contributed by atoms with van der Waals surface area (Å²) in [5.41, 5.74) is 1.25. The van der Waals surface area contributed by atoms with Crippen LogP contribution in [0.15, 0.2) is 16.9 Å². The molecule has 25 heavy (non-hydrogen) atoms. The van der Waals surface area contributed by atoms with Crippen molar-refractivity contribution in [2.45, 2.75) is 11.6 Å². The van der Waals surface area contributed by atoms with Crippen molar-refractivity contribution in [3.8, 4) is 0 Å². The maximum absolute atomic E-state index is 11.8. The van der Waals surface area contributed by atoms with Crippen LogP contribution in [0.2, 0.25) is 0 Å². The zero-order chi connectivity index (χ0) is 18.0. The third-order valence-corrected chi connectivity index (χ3v) is 4.14. The molecular formula is C14H16N6O4S. The molecule has 1 aliphatic heterocycles. The van der Waals surface area contributed by atoms with E-state index < -0.39 is 17.1 Å². The molecule has 0 aromatic carbocycles. The lowest BCUT2D eigenvalue weighted by Gasteiger charge is -2.09. The summed E-state index contributed by atoms with van der Waals surface area (Å²) in [6, 6.07) is 0. The summed E-state index contributed by atoms with van der Waals surface area (Å²) >= 11 is -1.40. The van der Waals surface area contributed by atoms with Gasteiger partial charge in [-0.15, -0.1) is 4.98 Å². The first-order chi connectivity index (χ1) is 12.0. The fourth-order valence-electron chi connectivity index (χ4n) is 2.29. The van der Waals surface area contributed by atoms with E-state index in [1.807, 2.05) is 0 Å². The van der Waals surface area contributed by atoms with Crippen LogP contribution in [0.5, 0.6) is 0 Å². The Morgan fingerprint density at radius 3 is 2.92 bits per heavy atom. The minimum Gasteiger partial charge on any atom is -0.609 e. The zero-order valence-corrected chi connectivity index (χ0v) is 14.4. The quantitative estimate of drug-likeness (QED) is 0.299. The molecule has 0 saturated carbocycles. The second kappa shape index (κ2) is 7.17. The fourth-order valence-corrected chi connectivity index (χ4v) is 2.72. The number of carbonyl (C=O) groups excluding carboxylic acids is 2. The van der Waals surface area contributed by atoms with Crippen LogP contribution in [0.3, 0.4) is 0 Å². The Labute approximate surface area is 145 Å². The van der Waals surface area contributed by atoms with Crippen LogP contribution in [0.25, 0.3) is 11.7 Å². The van der Waals surface area contributed by atoms with Gasteiger partial charge in [-0.05, 0) is 6.08 Å². The summed E-state index contributed by atoms with van der Waals surface area (Å²) in [7, 11) is 1.58. The average Bonchev–Trinajstić information content (AvgIpc) is 3.11. The number of methoxy groups -OCH3 is 1. The Hall–Kier alpha value is -2.50. The van der Waals surface area contributed by atoms with Crippen molar-refractivity contribution in [2.24, 2.45) is 0 Å². The van der Waals surface area contributed by atoms with Gasteiger partial charge in [-0.1, -0.05) is 0 Å². The van der Waals surface area contributed by atoms with Crippen LogP contribution in [-0.4, -0.2) is 62.5 Å². The molecule has 0 radical (unpaired) electrons. The van der Waals surface area contributed by atoms with Crippen LogP contribution < -0.4 is 10.6 Å². The Morgan fingerprint density at radius 1 is 1.48 bits per heavy atom. The van der Waals surface area contributed by atoms with E-state index >= 15 is 0 Å². The number of imide groups is 1. The number of amides is 2. The van der Waals surface area contributed by atoms with Gasteiger partial charge in [0.1, 0.15) is 6.26 Å². The van der Waals surface area contributed by atoms with E-state index in [9.17, 15) is 14.1 Å². The predicted molar refractivity (Wildman–Crippen MR) is 89.2 cm³/mol. The number of nitrogens with zero attached hydrogens (tertiary/aromatic N) is 4. The molecule has 1 atom stereocenters. The lowest BCUT2D eigenvalue weighted by Crippen LogP contribution is -2.19. The van der Waals surface area contributed by atoms with E-state index in [0.717, 1.165) is 0 Å². The Bertz CT molecular complexity index is 862. The topological polar surface area (TPSA) is 134 Å². The van der Waals surface area contributed by atoms with E-state index in [4.69, 9.17) is 4.74 Å². The molecule has 3 rings (SSSR count). The molecule has 1 aliphatic rings. The van der Waals surface area contributed by atoms with E-state index in [-0.39, 0.29) is 17.5 Å². The van der Waals surface area contributed by atoms with Crippen molar-refractivity contribution in [3.05, 3.63) is 17.3 Å². The van der Waals surface area contributed by atoms with Gasteiger partial charge in [0.15, 0.2) is 5.65 Å². The van der Waals surface area contributed by atoms with Crippen molar-refractivity contribution >= 4 is 40.7 Å². The number of ether oxygens (including phenoxy) is 1. The monoisotopic (exact) mass is 364 g/mol. The lowest BCUT2D eigenvalue weighted by atomic mass is 10.1. The Morgan fingerprint density at radius 2 is 2.28 bits per heavy atom. The maximum atomic E-state index is 11.8. The molecule has 2 aromatic heterocycles. The van der Waals surface area contributed by atoms with Crippen molar-refractivity contribution in [1.29, 1.82) is 0 Å². The molecule has 1 unspecified atom stereocenters. The van der Waals surface area contributed by atoms with Gasteiger partial charge < -0.3 is 14.6 Å². The number of hydrogen-bond acceptors (Lipinski definition) is 8. The van der Waals surface area contributed by atoms with Gasteiger partial charge in [0.05, 0.1) is 19.2 Å². The molecular weight excluding hydrogens is 348 g/mol. The highest BCUT2D eigenvalue weighted by Crippen LogP contribution is 2.20. The van der Waals surface area contributed by atoms with Crippen LogP contribution in [0.4, 0.5) is 5.95 Å². The van der Waals surface area contributed by atoms with Crippen molar-refractivity contribution < 1.29 is 18.9 Å². The SMILES string of the molecule is COCCNc1nc([S+](C)[O-])nc2c(/C=C3\CC(=O)NC3=O)cnn12. The van der Waals surface area contributed by atoms with Crippen LogP contribution in [0, 0.1) is 0 Å². The van der Waals surface area contributed by atoms with Gasteiger partial charge >= 0.3 is 5.16 Å². The second-order valence-corrected chi connectivity index (χ2v) is 6.54. The molecule has 2 N–H and O–H groups in total. The van der Waals surface area contributed by atoms with Crippen LogP contribution in [-0.2, 0) is 25.5 Å². The predicted octanol–water partition coefficient (Wildman–Crippen LogP) is -0.650. The number of nitrogens with one attached hydrogen (secondary N) is 2. The Balaban J connectivity index is 2.04. The van der Waals surface area contributed by atoms with E-state index in [1.165, 1.54) is 17.0 Å². The van der Waals surface area contributed by atoms with E-state index in [2.05, 4.69) is 25.7 Å². The molecule has 0 spiro atoms. The standard InChI is InChI=1S/C14H16N6O4S/c1-24-4-3-15-13-19-14(25(2)23)18-11-9(7-16-20(11)13)5-8-6-10(21)17-12(8)22/h5,7H,3-4,6H2,1-2H3,(H,15,18,19)(H,17,21,22)/b8-5+. The molecule has 0 aliphatic carbocycles. The first-order valence-electron chi connectivity index (χ1n) is 7.36. The molecule has 132 valence electrons. The zero-order valence-electron chi connectivity index (χ0n) is 13.6. The second-order valence-electron chi connectivity index (χ2n) is 5.26. The number of anilines is 1. The first kappa shape index (κ1) is 17.3. The third-order valence-electron chi connectivity index (χ3n) is 3.45. The highest BCUT2D eigenvalue weighted by molar-refractivity contribution is 7.90. The van der Waals surface area contributed by atoms with Crippen molar-refractivity contribution in [1.82, 2.24) is 24.9 Å². The van der Waals surface area contributed by atoms with Gasteiger partial charge in [0, 0.05) is 36.0 Å². The van der Waals surface area contributed by atoms with E-state index in [1.54, 1.807) is 13.2 Å². The summed E-state index contributed by atoms with van der Waals surface area (Å²) in [5, 5.41) is 9.61. The summed E-state index contributed by atoms with van der Waals surface area (Å²) < 4.78 is 18.3. The van der Waals surface area contributed by atoms with Gasteiger partial charge in [0.25, 0.3) is 5.91 Å². The molecule has 1 saturated heterocycles. The normalized spacial score (nSPS) is 17.3. The van der Waals surface area contributed by atoms with Gasteiger partial charge in [-0.3, -0.25) is 14.9 Å². The number of carbonyl (C=O) groups is 2. The largest absolute Gasteiger partial charge is 0.609 e. The minimum absolute atomic E-state index is 0.00671. The summed E-state index contributed by atoms with van der Waals surface area (Å²) in [5.74, 6) is -0.417. The van der Waals surface area contributed by atoms with Gasteiger partial charge in [0.2, 0.25) is 11.9 Å². The summed E-state index contributed by atoms with van der Waals surface area (Å²) in [6.45, 7) is 0.933. The Kier molecular flexibility index (Phi) is 4.97. The number of fused-ring (bicyclic) bond motifs is 1. The van der Waals surface area contributed by atoms with Crippen LogP contribution >= 0.6 is 0 Å². The van der Waals surface area contributed by atoms with Crippen molar-refractivity contribution in [3.63, 3.8) is 0 Å². The number of aromatic nitrogens is 4. The molecule has 3 heterocycles. The minimum atomic E-state index is -1.40. The summed E-state index contributed by atoms with van der Waals surface area (Å²) in [4.78, 5) is 31.5. The molecule has 11 heteroatoms. The maximum Gasteiger partial charge on any atom is 0.347 e. The van der Waals surface area contributed by atoms with E-state index in [0.29, 0.717) is 35.9 Å². The average molecular weight is 364 g/mol. The number of hydrogen-bond donors (Lipinski definition) is 2. The number of rotatable bonds is 6. The third kappa shape index (κ3) is 3.62. The highest BCUT2D eigenvalue weighted by atomic mass is 32.2. The molecule has 10 nitrogen and oxygen atoms in total. The van der Waals surface area contributed by atoms with Crippen molar-refractivity contribution in [2.75, 3.05) is 31.8 Å². The lowest BCUT2D eigenvalue weighted by molar-refractivity contribution is -0.124. The van der Waals surface area contributed by atoms with Crippen LogP contribution in [0.1, 0.15) is 12.0 Å².